The molecular weight excluding hydrogens is 379 g/mol. The molecule has 2 heterocycles. The fourth-order valence-corrected chi connectivity index (χ4v) is 2.18. The van der Waals surface area contributed by atoms with Crippen LogP contribution in [-0.4, -0.2) is 32.1 Å². The first-order valence-corrected chi connectivity index (χ1v) is 7.85. The van der Waals surface area contributed by atoms with Crippen molar-refractivity contribution in [3.8, 4) is 11.6 Å². The molecule has 3 aromatic rings. The second kappa shape index (κ2) is 8.24. The number of urea groups is 1. The number of nitrogens with zero attached hydrogens (tertiary/aromatic N) is 4. The van der Waals surface area contributed by atoms with Crippen molar-refractivity contribution in [1.82, 2.24) is 30.5 Å². The van der Waals surface area contributed by atoms with Crippen LogP contribution in [0.2, 0.25) is 0 Å². The van der Waals surface area contributed by atoms with E-state index in [0.717, 1.165) is 12.1 Å². The van der Waals surface area contributed by atoms with Gasteiger partial charge in [0.1, 0.15) is 18.4 Å². The van der Waals surface area contributed by atoms with Crippen LogP contribution in [0.4, 0.5) is 23.7 Å². The quantitative estimate of drug-likeness (QED) is 0.556. The standard InChI is InChI=1S/C16H14F3N7O2/c17-16(18,19)28-13-5-3-12(4-6-13)24-25-15(27)22-8-11-2-1-7-21-14(11)26-10-20-9-23-26/h1-7,9-10,24H,8H2,(H2,22,25,27). The lowest BCUT2D eigenvalue weighted by atomic mass is 10.2. The lowest BCUT2D eigenvalue weighted by Gasteiger charge is -2.12. The Morgan fingerprint density at radius 3 is 2.64 bits per heavy atom. The van der Waals surface area contributed by atoms with E-state index in [9.17, 15) is 18.0 Å². The number of carbonyl (C=O) groups is 1. The third-order valence-electron chi connectivity index (χ3n) is 3.35. The summed E-state index contributed by atoms with van der Waals surface area (Å²) in [5.41, 5.74) is 6.02. The summed E-state index contributed by atoms with van der Waals surface area (Å²) < 4.78 is 41.6. The third kappa shape index (κ3) is 5.33. The number of alkyl halides is 3. The Kier molecular flexibility index (Phi) is 5.58. The highest BCUT2D eigenvalue weighted by Gasteiger charge is 2.30. The second-order valence-electron chi connectivity index (χ2n) is 5.33. The number of halogens is 3. The van der Waals surface area contributed by atoms with E-state index in [2.05, 4.69) is 36.0 Å². The van der Waals surface area contributed by atoms with Crippen LogP contribution in [0.1, 0.15) is 5.56 Å². The molecule has 0 aliphatic heterocycles. The number of ether oxygens (including phenoxy) is 1. The summed E-state index contributed by atoms with van der Waals surface area (Å²) in [6, 6.07) is 7.83. The molecule has 3 rings (SSSR count). The summed E-state index contributed by atoms with van der Waals surface area (Å²) in [5.74, 6) is 0.160. The van der Waals surface area contributed by atoms with E-state index in [4.69, 9.17) is 0 Å². The number of nitrogens with one attached hydrogen (secondary N) is 3. The summed E-state index contributed by atoms with van der Waals surface area (Å²) in [5, 5.41) is 6.63. The number of amides is 2. The topological polar surface area (TPSA) is 106 Å². The summed E-state index contributed by atoms with van der Waals surface area (Å²) in [6.45, 7) is 0.162. The number of aromatic nitrogens is 4. The van der Waals surface area contributed by atoms with Gasteiger partial charge in [-0.1, -0.05) is 6.07 Å². The van der Waals surface area contributed by atoms with Crippen LogP contribution in [-0.2, 0) is 6.54 Å². The minimum absolute atomic E-state index is 0.162. The van der Waals surface area contributed by atoms with Crippen LogP contribution < -0.4 is 20.9 Å². The highest BCUT2D eigenvalue weighted by molar-refractivity contribution is 5.75. The Balaban J connectivity index is 1.51. The Labute approximate surface area is 156 Å². The molecule has 9 nitrogen and oxygen atoms in total. The smallest absolute Gasteiger partial charge is 0.406 e. The van der Waals surface area contributed by atoms with E-state index in [-0.39, 0.29) is 12.3 Å². The zero-order valence-electron chi connectivity index (χ0n) is 14.1. The highest BCUT2D eigenvalue weighted by atomic mass is 19.4. The van der Waals surface area contributed by atoms with Gasteiger partial charge >= 0.3 is 12.4 Å². The second-order valence-corrected chi connectivity index (χ2v) is 5.33. The number of anilines is 1. The van der Waals surface area contributed by atoms with E-state index in [1.54, 1.807) is 18.3 Å². The lowest BCUT2D eigenvalue weighted by Crippen LogP contribution is -2.38. The minimum Gasteiger partial charge on any atom is -0.406 e. The molecule has 0 bridgehead atoms. The monoisotopic (exact) mass is 393 g/mol. The van der Waals surface area contributed by atoms with E-state index < -0.39 is 12.4 Å². The summed E-state index contributed by atoms with van der Waals surface area (Å²) >= 11 is 0. The molecule has 0 atom stereocenters. The van der Waals surface area contributed by atoms with Gasteiger partial charge in [0.2, 0.25) is 0 Å². The van der Waals surface area contributed by atoms with Gasteiger partial charge in [-0.3, -0.25) is 10.9 Å². The van der Waals surface area contributed by atoms with Gasteiger partial charge in [-0.05, 0) is 30.3 Å². The molecule has 3 N–H and O–H groups in total. The van der Waals surface area contributed by atoms with Gasteiger partial charge in [-0.2, -0.15) is 5.10 Å². The number of carbonyl (C=O) groups excluding carboxylic acids is 1. The van der Waals surface area contributed by atoms with Crippen molar-refractivity contribution >= 4 is 11.7 Å². The van der Waals surface area contributed by atoms with Crippen LogP contribution in [0.15, 0.2) is 55.2 Å². The average Bonchev–Trinajstić information content (AvgIpc) is 3.19. The number of hydrogen-bond acceptors (Lipinski definition) is 6. The zero-order valence-corrected chi connectivity index (χ0v) is 14.1. The van der Waals surface area contributed by atoms with Gasteiger partial charge in [0.25, 0.3) is 0 Å². The maximum absolute atomic E-state index is 12.1. The summed E-state index contributed by atoms with van der Waals surface area (Å²) in [6.07, 6.45) is -0.314. The van der Waals surface area contributed by atoms with Crippen LogP contribution in [0, 0.1) is 0 Å². The molecule has 2 aromatic heterocycles. The Hall–Kier alpha value is -3.83. The predicted octanol–water partition coefficient (Wildman–Crippen LogP) is 2.39. The third-order valence-corrected chi connectivity index (χ3v) is 3.35. The molecular formula is C16H14F3N7O2. The minimum atomic E-state index is -4.76. The number of hydrazine groups is 1. The molecule has 146 valence electrons. The summed E-state index contributed by atoms with van der Waals surface area (Å²) in [7, 11) is 0. The van der Waals surface area contributed by atoms with Gasteiger partial charge < -0.3 is 10.1 Å². The Bertz CT molecular complexity index is 915. The first-order chi connectivity index (χ1) is 13.4. The number of hydrogen-bond donors (Lipinski definition) is 3. The maximum atomic E-state index is 12.1. The molecule has 0 aliphatic carbocycles. The number of rotatable bonds is 6. The van der Waals surface area contributed by atoms with E-state index in [1.165, 1.54) is 29.5 Å². The first-order valence-electron chi connectivity index (χ1n) is 7.85. The molecule has 1 aromatic carbocycles. The van der Waals surface area contributed by atoms with Crippen LogP contribution in [0.3, 0.4) is 0 Å². The van der Waals surface area contributed by atoms with Gasteiger partial charge in [-0.15, -0.1) is 13.2 Å². The SMILES string of the molecule is O=C(NCc1cccnc1-n1cncn1)NNc1ccc(OC(F)(F)F)cc1. The van der Waals surface area contributed by atoms with Crippen molar-refractivity contribution in [2.24, 2.45) is 0 Å². The molecule has 28 heavy (non-hydrogen) atoms. The van der Waals surface area contributed by atoms with E-state index in [0.29, 0.717) is 17.1 Å². The molecule has 0 saturated carbocycles. The van der Waals surface area contributed by atoms with E-state index in [1.807, 2.05) is 0 Å². The molecule has 2 amide bonds. The van der Waals surface area contributed by atoms with Gasteiger partial charge in [-0.25, -0.2) is 19.4 Å². The largest absolute Gasteiger partial charge is 0.573 e. The van der Waals surface area contributed by atoms with Crippen molar-refractivity contribution in [1.29, 1.82) is 0 Å². The molecule has 0 radical (unpaired) electrons. The molecule has 0 aliphatic rings. The van der Waals surface area contributed by atoms with Gasteiger partial charge in [0.05, 0.1) is 5.69 Å². The zero-order chi connectivity index (χ0) is 20.0. The first kappa shape index (κ1) is 18.9. The van der Waals surface area contributed by atoms with Crippen LogP contribution in [0.25, 0.3) is 5.82 Å². The summed E-state index contributed by atoms with van der Waals surface area (Å²) in [4.78, 5) is 20.0. The maximum Gasteiger partial charge on any atom is 0.573 e. The predicted molar refractivity (Wildman–Crippen MR) is 91.3 cm³/mol. The van der Waals surface area contributed by atoms with E-state index >= 15 is 0 Å². The van der Waals surface area contributed by atoms with Crippen molar-refractivity contribution in [2.45, 2.75) is 12.9 Å². The number of pyridine rings is 1. The molecule has 12 heteroatoms. The molecule has 0 unspecified atom stereocenters. The number of benzene rings is 1. The molecule has 0 saturated heterocycles. The molecule has 0 fully saturated rings. The Morgan fingerprint density at radius 1 is 1.18 bits per heavy atom. The van der Waals surface area contributed by atoms with Crippen molar-refractivity contribution in [3.63, 3.8) is 0 Å². The lowest BCUT2D eigenvalue weighted by molar-refractivity contribution is -0.274. The molecule has 0 spiro atoms. The highest BCUT2D eigenvalue weighted by Crippen LogP contribution is 2.23. The van der Waals surface area contributed by atoms with Crippen molar-refractivity contribution < 1.29 is 22.7 Å². The fraction of sp³-hybridized carbons (Fsp3) is 0.125. The normalized spacial score (nSPS) is 11.0. The average molecular weight is 393 g/mol. The van der Waals surface area contributed by atoms with Crippen molar-refractivity contribution in [2.75, 3.05) is 5.43 Å². The fourth-order valence-electron chi connectivity index (χ4n) is 2.18. The van der Waals surface area contributed by atoms with Gasteiger partial charge in [0.15, 0.2) is 5.82 Å². The van der Waals surface area contributed by atoms with Gasteiger partial charge in [0, 0.05) is 18.3 Å². The van der Waals surface area contributed by atoms with Crippen LogP contribution in [0.5, 0.6) is 5.75 Å². The van der Waals surface area contributed by atoms with Crippen molar-refractivity contribution in [3.05, 3.63) is 60.8 Å². The van der Waals surface area contributed by atoms with Crippen LogP contribution >= 0.6 is 0 Å². The Morgan fingerprint density at radius 2 is 1.96 bits per heavy atom.